The van der Waals surface area contributed by atoms with Crippen molar-refractivity contribution in [1.82, 2.24) is 16.0 Å². The molecule has 0 heterocycles. The van der Waals surface area contributed by atoms with Gasteiger partial charge < -0.3 is 43.4 Å². The Balaban J connectivity index is 5.58. The summed E-state index contributed by atoms with van der Waals surface area (Å²) in [6.07, 6.45) is 1.40. The Morgan fingerprint density at radius 3 is 1.94 bits per heavy atom. The molecule has 0 aromatic rings. The van der Waals surface area contributed by atoms with Gasteiger partial charge in [-0.25, -0.2) is 4.79 Å². The van der Waals surface area contributed by atoms with Crippen LogP contribution in [0, 0.1) is 5.92 Å². The lowest BCUT2D eigenvalue weighted by molar-refractivity contribution is -0.143. The molecule has 0 aliphatic carbocycles. The quantitative estimate of drug-likeness (QED) is 0.0634. The van der Waals surface area contributed by atoms with Gasteiger partial charge in [-0.1, -0.05) is 13.8 Å². The number of aliphatic hydroxyl groups excluding tert-OH is 1. The number of aliphatic carboxylic acids is 1. The maximum Gasteiger partial charge on any atom is 0.326 e. The summed E-state index contributed by atoms with van der Waals surface area (Å²) in [6.45, 7) is 4.84. The van der Waals surface area contributed by atoms with Crippen LogP contribution >= 0.6 is 11.8 Å². The normalized spacial score (nSPS) is 15.4. The topological polar surface area (TPSA) is 235 Å². The molecule has 5 atom stereocenters. The maximum atomic E-state index is 13.0. The zero-order valence-electron chi connectivity index (χ0n) is 20.1. The smallest absolute Gasteiger partial charge is 0.326 e. The Morgan fingerprint density at radius 2 is 1.47 bits per heavy atom. The Morgan fingerprint density at radius 1 is 0.941 bits per heavy atom. The van der Waals surface area contributed by atoms with E-state index in [-0.39, 0.29) is 25.3 Å². The first-order valence-electron chi connectivity index (χ1n) is 10.9. The van der Waals surface area contributed by atoms with Gasteiger partial charge in [0.25, 0.3) is 0 Å². The second-order valence-electron chi connectivity index (χ2n) is 8.19. The molecule has 0 aliphatic rings. The fourth-order valence-corrected chi connectivity index (χ4v) is 3.28. The van der Waals surface area contributed by atoms with Crippen LogP contribution in [-0.2, 0) is 19.2 Å². The van der Waals surface area contributed by atoms with Crippen LogP contribution in [0.4, 0.5) is 0 Å². The van der Waals surface area contributed by atoms with Crippen molar-refractivity contribution in [3.63, 3.8) is 0 Å². The summed E-state index contributed by atoms with van der Waals surface area (Å²) in [5, 5.41) is 26.5. The van der Waals surface area contributed by atoms with E-state index >= 15 is 0 Å². The highest BCUT2D eigenvalue weighted by molar-refractivity contribution is 7.98. The number of carboxylic acids is 1. The van der Waals surface area contributed by atoms with Crippen LogP contribution in [0.2, 0.25) is 0 Å². The van der Waals surface area contributed by atoms with Crippen molar-refractivity contribution in [1.29, 1.82) is 0 Å². The fourth-order valence-electron chi connectivity index (χ4n) is 2.80. The van der Waals surface area contributed by atoms with E-state index in [0.717, 1.165) is 0 Å². The standard InChI is InChI=1S/C20H39N7O6S/c1-10(2)15(19(32)33)27-17(30)12(6-5-8-24-20(22)23)25-16(29)13(7-9-34-4)26-18(31)14(21)11(3)28/h10-15,28H,5-9,21H2,1-4H3,(H,25,29)(H,26,31)(H,27,30)(H,32,33)(H4,22,23,24). The van der Waals surface area contributed by atoms with Crippen LogP contribution < -0.4 is 33.2 Å². The number of nitrogens with one attached hydrogen (secondary N) is 3. The summed E-state index contributed by atoms with van der Waals surface area (Å²) in [6, 6.07) is -4.49. The minimum atomic E-state index is -1.23. The summed E-state index contributed by atoms with van der Waals surface area (Å²) in [4.78, 5) is 53.5. The number of rotatable bonds is 16. The summed E-state index contributed by atoms with van der Waals surface area (Å²) >= 11 is 1.45. The average molecular weight is 506 g/mol. The number of hydrogen-bond acceptors (Lipinski definition) is 8. The molecule has 0 aromatic carbocycles. The van der Waals surface area contributed by atoms with E-state index in [4.69, 9.17) is 17.2 Å². The number of amides is 3. The molecule has 0 aromatic heterocycles. The predicted molar refractivity (Wildman–Crippen MR) is 131 cm³/mol. The van der Waals surface area contributed by atoms with E-state index in [0.29, 0.717) is 12.2 Å². The predicted octanol–water partition coefficient (Wildman–Crippen LogP) is -2.30. The molecule has 13 nitrogen and oxygen atoms in total. The van der Waals surface area contributed by atoms with Gasteiger partial charge in [0.2, 0.25) is 17.7 Å². The second kappa shape index (κ2) is 16.1. The van der Waals surface area contributed by atoms with Gasteiger partial charge in [-0.05, 0) is 44.1 Å². The van der Waals surface area contributed by atoms with Crippen molar-refractivity contribution in [2.24, 2.45) is 28.1 Å². The molecule has 196 valence electrons. The fraction of sp³-hybridized carbons (Fsp3) is 0.750. The van der Waals surface area contributed by atoms with Crippen molar-refractivity contribution >= 4 is 41.4 Å². The molecule has 0 bridgehead atoms. The van der Waals surface area contributed by atoms with Gasteiger partial charge in [-0.2, -0.15) is 11.8 Å². The Hall–Kier alpha value is -2.58. The van der Waals surface area contributed by atoms with Crippen LogP contribution in [0.15, 0.2) is 4.99 Å². The summed E-state index contributed by atoms with van der Waals surface area (Å²) in [5.41, 5.74) is 16.3. The van der Waals surface area contributed by atoms with Crippen molar-refractivity contribution in [2.45, 2.75) is 70.3 Å². The van der Waals surface area contributed by atoms with Gasteiger partial charge in [0.05, 0.1) is 6.10 Å². The van der Waals surface area contributed by atoms with Crippen molar-refractivity contribution in [3.05, 3.63) is 0 Å². The molecule has 0 radical (unpaired) electrons. The molecule has 5 unspecified atom stereocenters. The first-order chi connectivity index (χ1) is 15.8. The zero-order valence-corrected chi connectivity index (χ0v) is 20.9. The average Bonchev–Trinajstić information content (AvgIpc) is 2.74. The molecule has 0 rings (SSSR count). The van der Waals surface area contributed by atoms with Crippen LogP contribution in [0.5, 0.6) is 0 Å². The number of carbonyl (C=O) groups is 4. The Kier molecular flexibility index (Phi) is 14.9. The molecule has 0 spiro atoms. The third-order valence-electron chi connectivity index (χ3n) is 4.87. The van der Waals surface area contributed by atoms with Gasteiger partial charge in [-0.3, -0.25) is 19.4 Å². The number of carbonyl (C=O) groups excluding carboxylic acids is 3. The highest BCUT2D eigenvalue weighted by Gasteiger charge is 2.31. The van der Waals surface area contributed by atoms with E-state index in [1.165, 1.54) is 18.7 Å². The number of guanidine groups is 1. The Bertz CT molecular complexity index is 716. The number of aliphatic imine (C=N–C) groups is 1. The lowest BCUT2D eigenvalue weighted by Crippen LogP contribution is -2.58. The minimum absolute atomic E-state index is 0.120. The number of aliphatic hydroxyl groups is 1. The second-order valence-corrected chi connectivity index (χ2v) is 9.17. The maximum absolute atomic E-state index is 13.0. The van der Waals surface area contributed by atoms with Crippen LogP contribution in [0.25, 0.3) is 0 Å². The lowest BCUT2D eigenvalue weighted by atomic mass is 10.0. The monoisotopic (exact) mass is 505 g/mol. The highest BCUT2D eigenvalue weighted by atomic mass is 32.2. The number of nitrogens with zero attached hydrogens (tertiary/aromatic N) is 1. The van der Waals surface area contributed by atoms with Crippen LogP contribution in [0.1, 0.15) is 40.0 Å². The highest BCUT2D eigenvalue weighted by Crippen LogP contribution is 2.07. The number of carboxylic acid groups (broad SMARTS) is 1. The first-order valence-corrected chi connectivity index (χ1v) is 12.3. The van der Waals surface area contributed by atoms with E-state index in [1.807, 2.05) is 6.26 Å². The van der Waals surface area contributed by atoms with E-state index in [9.17, 15) is 29.4 Å². The van der Waals surface area contributed by atoms with Gasteiger partial charge in [0.15, 0.2) is 5.96 Å². The van der Waals surface area contributed by atoms with Crippen molar-refractivity contribution in [3.8, 4) is 0 Å². The molecule has 14 heteroatoms. The third-order valence-corrected chi connectivity index (χ3v) is 5.52. The van der Waals surface area contributed by atoms with Crippen molar-refractivity contribution < 1.29 is 29.4 Å². The van der Waals surface area contributed by atoms with Crippen molar-refractivity contribution in [2.75, 3.05) is 18.6 Å². The number of hydrogen-bond donors (Lipinski definition) is 8. The molecule has 0 fully saturated rings. The zero-order chi connectivity index (χ0) is 26.4. The SMILES string of the molecule is CSCCC(NC(=O)C(N)C(C)O)C(=O)NC(CCCN=C(N)N)C(=O)NC(C(=O)O)C(C)C. The molecule has 3 amide bonds. The van der Waals surface area contributed by atoms with E-state index < -0.39 is 59.9 Å². The number of thioether (sulfide) groups is 1. The minimum Gasteiger partial charge on any atom is -0.480 e. The van der Waals surface area contributed by atoms with Gasteiger partial charge in [0, 0.05) is 6.54 Å². The van der Waals surface area contributed by atoms with Gasteiger partial charge in [-0.15, -0.1) is 0 Å². The molecular formula is C20H39N7O6S. The van der Waals surface area contributed by atoms with Crippen LogP contribution in [0.3, 0.4) is 0 Å². The molecule has 34 heavy (non-hydrogen) atoms. The van der Waals surface area contributed by atoms with Gasteiger partial charge >= 0.3 is 5.97 Å². The van der Waals surface area contributed by atoms with E-state index in [1.54, 1.807) is 13.8 Å². The number of nitrogens with two attached hydrogens (primary N) is 3. The summed E-state index contributed by atoms with van der Waals surface area (Å²) in [5.74, 6) is -3.23. The molecule has 0 aliphatic heterocycles. The molecule has 11 N–H and O–H groups in total. The van der Waals surface area contributed by atoms with Crippen LogP contribution in [-0.4, -0.2) is 88.7 Å². The van der Waals surface area contributed by atoms with E-state index in [2.05, 4.69) is 20.9 Å². The third kappa shape index (κ3) is 12.0. The summed E-state index contributed by atoms with van der Waals surface area (Å²) < 4.78 is 0. The largest absolute Gasteiger partial charge is 0.480 e. The molecule has 0 saturated carbocycles. The van der Waals surface area contributed by atoms with Gasteiger partial charge in [0.1, 0.15) is 24.2 Å². The first kappa shape index (κ1) is 31.4. The molecule has 0 saturated heterocycles. The lowest BCUT2D eigenvalue weighted by Gasteiger charge is -2.26. The molecular weight excluding hydrogens is 466 g/mol. The summed E-state index contributed by atoms with van der Waals surface area (Å²) in [7, 11) is 0. The Labute approximate surface area is 204 Å².